The SMILES string of the molecule is O=C(C=Cc1c(Cl)cccc1Cl)Nc1ccc(N2CCCCC2)cc1. The highest BCUT2D eigenvalue weighted by Gasteiger charge is 2.10. The lowest BCUT2D eigenvalue weighted by molar-refractivity contribution is -0.111. The summed E-state index contributed by atoms with van der Waals surface area (Å²) in [6.07, 6.45) is 6.86. The topological polar surface area (TPSA) is 32.3 Å². The summed E-state index contributed by atoms with van der Waals surface area (Å²) in [5, 5.41) is 3.88. The van der Waals surface area contributed by atoms with E-state index in [1.807, 2.05) is 12.1 Å². The van der Waals surface area contributed by atoms with Gasteiger partial charge in [-0.05, 0) is 61.7 Å². The molecule has 0 saturated carbocycles. The summed E-state index contributed by atoms with van der Waals surface area (Å²) in [5.74, 6) is -0.221. The summed E-state index contributed by atoms with van der Waals surface area (Å²) in [6, 6.07) is 13.2. The van der Waals surface area contributed by atoms with Crippen LogP contribution in [0, 0.1) is 0 Å². The van der Waals surface area contributed by atoms with Crippen LogP contribution in [0.25, 0.3) is 6.08 Å². The van der Waals surface area contributed by atoms with Gasteiger partial charge in [0.15, 0.2) is 0 Å². The summed E-state index contributed by atoms with van der Waals surface area (Å²) in [4.78, 5) is 14.5. The Hall–Kier alpha value is -1.97. The fourth-order valence-corrected chi connectivity index (χ4v) is 3.44. The number of carbonyl (C=O) groups excluding carboxylic acids is 1. The molecule has 1 N–H and O–H groups in total. The van der Waals surface area contributed by atoms with Gasteiger partial charge in [-0.3, -0.25) is 4.79 Å². The predicted molar refractivity (Wildman–Crippen MR) is 107 cm³/mol. The molecule has 0 bridgehead atoms. The third-order valence-electron chi connectivity index (χ3n) is 4.26. The van der Waals surface area contributed by atoms with E-state index < -0.39 is 0 Å². The van der Waals surface area contributed by atoms with Gasteiger partial charge in [-0.1, -0.05) is 29.3 Å². The van der Waals surface area contributed by atoms with Gasteiger partial charge in [0, 0.05) is 46.1 Å². The van der Waals surface area contributed by atoms with Gasteiger partial charge in [-0.25, -0.2) is 0 Å². The predicted octanol–water partition coefficient (Wildman–Crippen LogP) is 5.64. The van der Waals surface area contributed by atoms with Gasteiger partial charge >= 0.3 is 0 Å². The Bertz CT molecular complexity index is 746. The molecule has 1 aliphatic heterocycles. The first-order chi connectivity index (χ1) is 12.1. The van der Waals surface area contributed by atoms with Crippen LogP contribution >= 0.6 is 23.2 Å². The van der Waals surface area contributed by atoms with Crippen LogP contribution < -0.4 is 10.2 Å². The Morgan fingerprint density at radius 2 is 1.60 bits per heavy atom. The number of benzene rings is 2. The fourth-order valence-electron chi connectivity index (χ4n) is 2.92. The van der Waals surface area contributed by atoms with Crippen molar-refractivity contribution in [2.45, 2.75) is 19.3 Å². The van der Waals surface area contributed by atoms with Gasteiger partial charge in [0.05, 0.1) is 0 Å². The average molecular weight is 375 g/mol. The Morgan fingerprint density at radius 3 is 2.24 bits per heavy atom. The molecule has 1 fully saturated rings. The zero-order valence-corrected chi connectivity index (χ0v) is 15.4. The van der Waals surface area contributed by atoms with Crippen molar-refractivity contribution in [1.29, 1.82) is 0 Å². The van der Waals surface area contributed by atoms with E-state index in [-0.39, 0.29) is 5.91 Å². The number of rotatable bonds is 4. The van der Waals surface area contributed by atoms with E-state index in [2.05, 4.69) is 22.3 Å². The van der Waals surface area contributed by atoms with Gasteiger partial charge in [-0.2, -0.15) is 0 Å². The molecule has 3 rings (SSSR count). The van der Waals surface area contributed by atoms with E-state index in [1.54, 1.807) is 24.3 Å². The van der Waals surface area contributed by atoms with Crippen molar-refractivity contribution in [3.8, 4) is 0 Å². The number of nitrogens with zero attached hydrogens (tertiary/aromatic N) is 1. The molecular weight excluding hydrogens is 355 g/mol. The molecule has 0 unspecified atom stereocenters. The number of nitrogens with one attached hydrogen (secondary N) is 1. The maximum atomic E-state index is 12.1. The number of amides is 1. The van der Waals surface area contributed by atoms with E-state index in [0.29, 0.717) is 15.6 Å². The van der Waals surface area contributed by atoms with Crippen LogP contribution in [0.15, 0.2) is 48.5 Å². The van der Waals surface area contributed by atoms with Crippen LogP contribution in [0.3, 0.4) is 0 Å². The molecule has 0 atom stereocenters. The van der Waals surface area contributed by atoms with Crippen LogP contribution in [0.2, 0.25) is 10.0 Å². The minimum Gasteiger partial charge on any atom is -0.372 e. The lowest BCUT2D eigenvalue weighted by Gasteiger charge is -2.28. The van der Waals surface area contributed by atoms with Crippen LogP contribution in [-0.4, -0.2) is 19.0 Å². The molecular formula is C20H20Cl2N2O. The van der Waals surface area contributed by atoms with Crippen molar-refractivity contribution in [3.63, 3.8) is 0 Å². The molecule has 130 valence electrons. The van der Waals surface area contributed by atoms with Gasteiger partial charge in [0.1, 0.15) is 0 Å². The highest BCUT2D eigenvalue weighted by molar-refractivity contribution is 6.37. The van der Waals surface area contributed by atoms with Crippen molar-refractivity contribution >= 4 is 46.6 Å². The molecule has 2 aromatic rings. The molecule has 0 radical (unpaired) electrons. The number of carbonyl (C=O) groups is 1. The van der Waals surface area contributed by atoms with E-state index in [0.717, 1.165) is 18.8 Å². The second-order valence-electron chi connectivity index (χ2n) is 6.05. The van der Waals surface area contributed by atoms with Crippen LogP contribution in [0.1, 0.15) is 24.8 Å². The van der Waals surface area contributed by atoms with Gasteiger partial charge < -0.3 is 10.2 Å². The molecule has 1 heterocycles. The molecule has 0 aromatic heterocycles. The van der Waals surface area contributed by atoms with Crippen LogP contribution in [-0.2, 0) is 4.79 Å². The summed E-state index contributed by atoms with van der Waals surface area (Å²) in [7, 11) is 0. The minimum atomic E-state index is -0.221. The largest absolute Gasteiger partial charge is 0.372 e. The Labute approximate surface area is 158 Å². The Kier molecular flexibility index (Phi) is 6.00. The average Bonchev–Trinajstić information content (AvgIpc) is 2.63. The van der Waals surface area contributed by atoms with E-state index in [1.165, 1.54) is 31.0 Å². The fraction of sp³-hybridized carbons (Fsp3) is 0.250. The molecule has 0 spiro atoms. The van der Waals surface area contributed by atoms with E-state index in [9.17, 15) is 4.79 Å². The Balaban J connectivity index is 1.62. The standard InChI is InChI=1S/C20H20Cl2N2O/c21-18-5-4-6-19(22)17(18)11-12-20(25)23-15-7-9-16(10-8-15)24-13-2-1-3-14-24/h4-12H,1-3,13-14H2,(H,23,25). The van der Waals surface area contributed by atoms with Crippen LogP contribution in [0.5, 0.6) is 0 Å². The van der Waals surface area contributed by atoms with Crippen molar-refractivity contribution in [1.82, 2.24) is 0 Å². The molecule has 2 aromatic carbocycles. The van der Waals surface area contributed by atoms with Gasteiger partial charge in [-0.15, -0.1) is 0 Å². The number of anilines is 2. The van der Waals surface area contributed by atoms with Crippen molar-refractivity contribution in [3.05, 3.63) is 64.1 Å². The van der Waals surface area contributed by atoms with E-state index >= 15 is 0 Å². The minimum absolute atomic E-state index is 0.221. The summed E-state index contributed by atoms with van der Waals surface area (Å²) >= 11 is 12.2. The van der Waals surface area contributed by atoms with Crippen molar-refractivity contribution < 1.29 is 4.79 Å². The second kappa shape index (κ2) is 8.41. The highest BCUT2D eigenvalue weighted by atomic mass is 35.5. The van der Waals surface area contributed by atoms with Crippen LogP contribution in [0.4, 0.5) is 11.4 Å². The first kappa shape index (κ1) is 17.8. The zero-order valence-electron chi connectivity index (χ0n) is 13.8. The third-order valence-corrected chi connectivity index (χ3v) is 4.92. The molecule has 1 aliphatic rings. The zero-order chi connectivity index (χ0) is 17.6. The second-order valence-corrected chi connectivity index (χ2v) is 6.87. The number of hydrogen-bond donors (Lipinski definition) is 1. The molecule has 1 saturated heterocycles. The van der Waals surface area contributed by atoms with Crippen molar-refractivity contribution in [2.24, 2.45) is 0 Å². The first-order valence-corrected chi connectivity index (χ1v) is 9.17. The summed E-state index contributed by atoms with van der Waals surface area (Å²) in [5.41, 5.74) is 2.61. The number of halogens is 2. The smallest absolute Gasteiger partial charge is 0.248 e. The van der Waals surface area contributed by atoms with Gasteiger partial charge in [0.2, 0.25) is 5.91 Å². The van der Waals surface area contributed by atoms with Gasteiger partial charge in [0.25, 0.3) is 0 Å². The molecule has 0 aliphatic carbocycles. The normalized spacial score (nSPS) is 14.7. The number of hydrogen-bond acceptors (Lipinski definition) is 2. The van der Waals surface area contributed by atoms with E-state index in [4.69, 9.17) is 23.2 Å². The third kappa shape index (κ3) is 4.77. The highest BCUT2D eigenvalue weighted by Crippen LogP contribution is 2.25. The maximum Gasteiger partial charge on any atom is 0.248 e. The molecule has 1 amide bonds. The Morgan fingerprint density at radius 1 is 0.960 bits per heavy atom. The monoisotopic (exact) mass is 374 g/mol. The molecule has 5 heteroatoms. The summed E-state index contributed by atoms with van der Waals surface area (Å²) < 4.78 is 0. The van der Waals surface area contributed by atoms with Crippen molar-refractivity contribution in [2.75, 3.05) is 23.3 Å². The molecule has 3 nitrogen and oxygen atoms in total. The first-order valence-electron chi connectivity index (χ1n) is 8.41. The quantitative estimate of drug-likeness (QED) is 0.702. The number of piperidine rings is 1. The lowest BCUT2D eigenvalue weighted by Crippen LogP contribution is -2.29. The lowest BCUT2D eigenvalue weighted by atomic mass is 10.1. The summed E-state index contributed by atoms with van der Waals surface area (Å²) in [6.45, 7) is 2.21. The molecule has 25 heavy (non-hydrogen) atoms. The maximum absolute atomic E-state index is 12.1.